The van der Waals surface area contributed by atoms with Crippen LogP contribution >= 0.6 is 0 Å². The average Bonchev–Trinajstić information content (AvgIpc) is 2.55. The van der Waals surface area contributed by atoms with E-state index in [9.17, 15) is 9.90 Å². The number of rotatable bonds is 2. The Morgan fingerprint density at radius 1 is 1.53 bits per heavy atom. The first kappa shape index (κ1) is 10.4. The van der Waals surface area contributed by atoms with Crippen molar-refractivity contribution in [2.24, 2.45) is 5.92 Å². The van der Waals surface area contributed by atoms with Crippen LogP contribution in [0.5, 0.6) is 0 Å². The molecule has 1 aromatic rings. The van der Waals surface area contributed by atoms with Crippen molar-refractivity contribution >= 4 is 5.78 Å². The lowest BCUT2D eigenvalue weighted by Gasteiger charge is -2.09. The summed E-state index contributed by atoms with van der Waals surface area (Å²) in [6.07, 6.45) is 1.20. The minimum absolute atomic E-state index is 0.125. The molecule has 0 heterocycles. The predicted molar refractivity (Wildman–Crippen MR) is 58.9 cm³/mol. The van der Waals surface area contributed by atoms with Gasteiger partial charge in [-0.2, -0.15) is 0 Å². The van der Waals surface area contributed by atoms with Crippen LogP contribution in [0.2, 0.25) is 0 Å². The van der Waals surface area contributed by atoms with Gasteiger partial charge in [0.25, 0.3) is 0 Å². The third kappa shape index (κ3) is 1.59. The molecule has 2 heteroatoms. The summed E-state index contributed by atoms with van der Waals surface area (Å²) in [4.78, 5) is 11.9. The van der Waals surface area contributed by atoms with E-state index in [0.717, 1.165) is 29.5 Å². The van der Waals surface area contributed by atoms with Gasteiger partial charge in [0, 0.05) is 11.5 Å². The molecule has 0 bridgehead atoms. The van der Waals surface area contributed by atoms with Gasteiger partial charge < -0.3 is 5.11 Å². The molecule has 0 fully saturated rings. The van der Waals surface area contributed by atoms with E-state index >= 15 is 0 Å². The topological polar surface area (TPSA) is 37.3 Å². The Kier molecular flexibility index (Phi) is 2.61. The van der Waals surface area contributed by atoms with Crippen molar-refractivity contribution < 1.29 is 9.90 Å². The number of carbonyl (C=O) groups excluding carboxylic acids is 1. The molecule has 2 atom stereocenters. The zero-order chi connectivity index (χ0) is 11.0. The summed E-state index contributed by atoms with van der Waals surface area (Å²) < 4.78 is 0. The summed E-state index contributed by atoms with van der Waals surface area (Å²) in [6.45, 7) is 3.79. The molecule has 1 aliphatic carbocycles. The van der Waals surface area contributed by atoms with Crippen LogP contribution in [0, 0.1) is 5.92 Å². The lowest BCUT2D eigenvalue weighted by atomic mass is 9.99. The van der Waals surface area contributed by atoms with Crippen LogP contribution in [-0.2, 0) is 6.42 Å². The van der Waals surface area contributed by atoms with Crippen molar-refractivity contribution in [3.05, 3.63) is 34.9 Å². The van der Waals surface area contributed by atoms with Crippen molar-refractivity contribution in [1.82, 2.24) is 0 Å². The molecule has 0 spiro atoms. The van der Waals surface area contributed by atoms with E-state index in [2.05, 4.69) is 0 Å². The van der Waals surface area contributed by atoms with Crippen molar-refractivity contribution in [3.8, 4) is 0 Å². The van der Waals surface area contributed by atoms with Gasteiger partial charge >= 0.3 is 0 Å². The van der Waals surface area contributed by atoms with Gasteiger partial charge in [-0.3, -0.25) is 4.79 Å². The van der Waals surface area contributed by atoms with Crippen molar-refractivity contribution in [1.29, 1.82) is 0 Å². The number of aliphatic hydroxyl groups excluding tert-OH is 1. The second-order valence-electron chi connectivity index (χ2n) is 4.22. The molecule has 0 saturated carbocycles. The van der Waals surface area contributed by atoms with Crippen LogP contribution in [0.15, 0.2) is 18.2 Å². The van der Waals surface area contributed by atoms with E-state index in [-0.39, 0.29) is 11.7 Å². The highest BCUT2D eigenvalue weighted by Gasteiger charge is 2.31. The Labute approximate surface area is 89.9 Å². The number of hydrogen-bond donors (Lipinski definition) is 1. The van der Waals surface area contributed by atoms with Gasteiger partial charge in [0.1, 0.15) is 0 Å². The first-order valence-electron chi connectivity index (χ1n) is 5.49. The van der Waals surface area contributed by atoms with E-state index < -0.39 is 6.10 Å². The Balaban J connectivity index is 2.49. The number of fused-ring (bicyclic) bond motifs is 1. The Hall–Kier alpha value is -1.15. The lowest BCUT2D eigenvalue weighted by molar-refractivity contribution is 0.0934. The lowest BCUT2D eigenvalue weighted by Crippen LogP contribution is -2.06. The van der Waals surface area contributed by atoms with Crippen LogP contribution in [0.25, 0.3) is 0 Å². The van der Waals surface area contributed by atoms with Crippen molar-refractivity contribution in [2.45, 2.75) is 32.8 Å². The number of Topliss-reactive ketones (excluding diaryl/α,β-unsaturated/α-hetero) is 1. The summed E-state index contributed by atoms with van der Waals surface area (Å²) in [7, 11) is 0. The molecule has 2 rings (SSSR count). The van der Waals surface area contributed by atoms with Gasteiger partial charge in [-0.15, -0.1) is 0 Å². The summed E-state index contributed by atoms with van der Waals surface area (Å²) in [5.41, 5.74) is 2.79. The second kappa shape index (κ2) is 3.78. The Morgan fingerprint density at radius 2 is 2.27 bits per heavy atom. The third-order valence-electron chi connectivity index (χ3n) is 3.24. The Morgan fingerprint density at radius 3 is 2.87 bits per heavy atom. The van der Waals surface area contributed by atoms with Gasteiger partial charge in [0.15, 0.2) is 5.78 Å². The molecule has 1 aromatic carbocycles. The third-order valence-corrected chi connectivity index (χ3v) is 3.24. The molecule has 0 amide bonds. The van der Waals surface area contributed by atoms with Crippen LogP contribution in [-0.4, -0.2) is 10.9 Å². The summed E-state index contributed by atoms with van der Waals surface area (Å²) in [5, 5.41) is 9.62. The first-order chi connectivity index (χ1) is 7.15. The minimum Gasteiger partial charge on any atom is -0.389 e. The number of benzene rings is 1. The van der Waals surface area contributed by atoms with Gasteiger partial charge in [-0.05, 0) is 30.9 Å². The maximum atomic E-state index is 11.9. The first-order valence-corrected chi connectivity index (χ1v) is 5.49. The van der Waals surface area contributed by atoms with Crippen LogP contribution in [0.1, 0.15) is 47.9 Å². The second-order valence-corrected chi connectivity index (χ2v) is 4.22. The summed E-state index contributed by atoms with van der Waals surface area (Å²) in [6, 6.07) is 5.64. The van der Waals surface area contributed by atoms with Gasteiger partial charge in [0.2, 0.25) is 0 Å². The van der Waals surface area contributed by atoms with Crippen LogP contribution in [0.4, 0.5) is 0 Å². The molecule has 0 aromatic heterocycles. The van der Waals surface area contributed by atoms with Crippen molar-refractivity contribution in [2.75, 3.05) is 0 Å². The molecule has 15 heavy (non-hydrogen) atoms. The van der Waals surface area contributed by atoms with E-state index in [1.54, 1.807) is 6.92 Å². The highest BCUT2D eigenvalue weighted by atomic mass is 16.3. The highest BCUT2D eigenvalue weighted by Crippen LogP contribution is 2.33. The fraction of sp³-hybridized carbons (Fsp3) is 0.462. The molecule has 0 aliphatic heterocycles. The fourth-order valence-electron chi connectivity index (χ4n) is 2.34. The maximum Gasteiger partial charge on any atom is 0.166 e. The quantitative estimate of drug-likeness (QED) is 0.803. The molecular weight excluding hydrogens is 188 g/mol. The van der Waals surface area contributed by atoms with Gasteiger partial charge in [-0.1, -0.05) is 25.1 Å². The summed E-state index contributed by atoms with van der Waals surface area (Å²) in [5.74, 6) is 0.370. The molecule has 1 aliphatic rings. The molecule has 2 nitrogen and oxygen atoms in total. The normalized spacial score (nSPS) is 21.5. The Bertz CT molecular complexity index is 394. The van der Waals surface area contributed by atoms with Gasteiger partial charge in [0.05, 0.1) is 6.10 Å². The number of aliphatic hydroxyl groups is 1. The van der Waals surface area contributed by atoms with E-state index in [4.69, 9.17) is 0 Å². The molecule has 2 unspecified atom stereocenters. The zero-order valence-electron chi connectivity index (χ0n) is 9.16. The predicted octanol–water partition coefficient (Wildman–Crippen LogP) is 2.50. The molecule has 0 saturated heterocycles. The minimum atomic E-state index is -0.483. The largest absolute Gasteiger partial charge is 0.389 e. The molecular formula is C13H16O2. The summed E-state index contributed by atoms with van der Waals surface area (Å²) >= 11 is 0. The highest BCUT2D eigenvalue weighted by molar-refractivity contribution is 6.02. The fourth-order valence-corrected chi connectivity index (χ4v) is 2.34. The molecule has 80 valence electrons. The number of hydrogen-bond acceptors (Lipinski definition) is 2. The smallest absolute Gasteiger partial charge is 0.166 e. The van der Waals surface area contributed by atoms with Crippen molar-refractivity contribution in [3.63, 3.8) is 0 Å². The molecule has 0 radical (unpaired) electrons. The van der Waals surface area contributed by atoms with Gasteiger partial charge in [-0.25, -0.2) is 0 Å². The van der Waals surface area contributed by atoms with E-state index in [0.29, 0.717) is 0 Å². The number of ketones is 1. The van der Waals surface area contributed by atoms with E-state index in [1.807, 2.05) is 25.1 Å². The SMILES string of the molecule is CCC1Cc2c(cccc2C(C)O)C1=O. The number of carbonyl (C=O) groups is 1. The van der Waals surface area contributed by atoms with E-state index in [1.165, 1.54) is 0 Å². The standard InChI is InChI=1S/C13H16O2/c1-3-9-7-12-10(8(2)14)5-4-6-11(12)13(9)15/h4-6,8-9,14H,3,7H2,1-2H3. The van der Waals surface area contributed by atoms with Crippen LogP contribution < -0.4 is 0 Å². The van der Waals surface area contributed by atoms with Crippen LogP contribution in [0.3, 0.4) is 0 Å². The zero-order valence-corrected chi connectivity index (χ0v) is 9.16. The maximum absolute atomic E-state index is 11.9. The average molecular weight is 204 g/mol. The molecule has 1 N–H and O–H groups in total. The monoisotopic (exact) mass is 204 g/mol.